The molecule has 0 amide bonds. The van der Waals surface area contributed by atoms with Crippen LogP contribution in [0.1, 0.15) is 55.2 Å². The van der Waals surface area contributed by atoms with E-state index in [2.05, 4.69) is 19.1 Å². The maximum absolute atomic E-state index is 10.2. The van der Waals surface area contributed by atoms with Crippen LogP contribution in [-0.2, 0) is 6.42 Å². The summed E-state index contributed by atoms with van der Waals surface area (Å²) in [5, 5.41) is 20.4. The van der Waals surface area contributed by atoms with Crippen molar-refractivity contribution in [2.24, 2.45) is 5.92 Å². The zero-order chi connectivity index (χ0) is 17.1. The number of phenolic OH excluding ortho intramolecular Hbond substituents is 1. The first-order valence-corrected chi connectivity index (χ1v) is 9.17. The highest BCUT2D eigenvalue weighted by Gasteiger charge is 2.28. The van der Waals surface area contributed by atoms with Crippen LogP contribution in [-0.4, -0.2) is 16.3 Å². The molecule has 0 saturated heterocycles. The molecule has 0 bridgehead atoms. The third-order valence-electron chi connectivity index (χ3n) is 5.23. The van der Waals surface area contributed by atoms with E-state index in [4.69, 9.17) is 11.6 Å². The van der Waals surface area contributed by atoms with Crippen LogP contribution in [0.2, 0.25) is 5.02 Å². The third kappa shape index (κ3) is 4.12. The van der Waals surface area contributed by atoms with Gasteiger partial charge in [0.25, 0.3) is 0 Å². The molecule has 0 heterocycles. The fraction of sp³-hybridized carbons (Fsp3) is 0.429. The number of hydrogen-bond acceptors (Lipinski definition) is 2. The standard InChI is InChI=1S/C21H25ClO2/c1-2-14-9-17(13-20(24)11-14)16-5-8-21(22)18(12-16)10-15-3-6-19(23)7-4-15/h3-8,12,14,17,20,23-24H,2,9-11,13H2,1H3. The zero-order valence-corrected chi connectivity index (χ0v) is 14.8. The number of aliphatic hydroxyl groups is 1. The molecule has 1 aliphatic carbocycles. The summed E-state index contributed by atoms with van der Waals surface area (Å²) >= 11 is 6.40. The van der Waals surface area contributed by atoms with Crippen LogP contribution in [0.4, 0.5) is 0 Å². The van der Waals surface area contributed by atoms with Gasteiger partial charge < -0.3 is 10.2 Å². The van der Waals surface area contributed by atoms with Crippen LogP contribution in [0.25, 0.3) is 0 Å². The first-order valence-electron chi connectivity index (χ1n) is 8.79. The monoisotopic (exact) mass is 344 g/mol. The Morgan fingerprint density at radius 3 is 2.50 bits per heavy atom. The highest BCUT2D eigenvalue weighted by atomic mass is 35.5. The Balaban J connectivity index is 1.81. The second-order valence-corrected chi connectivity index (χ2v) is 7.43. The summed E-state index contributed by atoms with van der Waals surface area (Å²) in [7, 11) is 0. The van der Waals surface area contributed by atoms with E-state index in [9.17, 15) is 10.2 Å². The fourth-order valence-electron chi connectivity index (χ4n) is 3.83. The number of phenols is 1. The molecule has 3 unspecified atom stereocenters. The average molecular weight is 345 g/mol. The fourth-order valence-corrected chi connectivity index (χ4v) is 4.01. The van der Waals surface area contributed by atoms with Gasteiger partial charge in [0.15, 0.2) is 0 Å². The van der Waals surface area contributed by atoms with Gasteiger partial charge in [-0.05, 0) is 72.4 Å². The van der Waals surface area contributed by atoms with E-state index < -0.39 is 0 Å². The lowest BCUT2D eigenvalue weighted by Crippen LogP contribution is -2.25. The molecule has 0 spiro atoms. The quantitative estimate of drug-likeness (QED) is 0.791. The maximum atomic E-state index is 10.2. The van der Waals surface area contributed by atoms with E-state index in [1.54, 1.807) is 12.1 Å². The van der Waals surface area contributed by atoms with Gasteiger partial charge in [0, 0.05) is 5.02 Å². The first-order chi connectivity index (χ1) is 11.5. The van der Waals surface area contributed by atoms with E-state index in [1.807, 2.05) is 18.2 Å². The molecule has 1 saturated carbocycles. The maximum Gasteiger partial charge on any atom is 0.115 e. The van der Waals surface area contributed by atoms with Crippen molar-refractivity contribution in [2.45, 2.75) is 51.0 Å². The molecule has 128 valence electrons. The minimum atomic E-state index is -0.190. The van der Waals surface area contributed by atoms with Crippen molar-refractivity contribution in [3.63, 3.8) is 0 Å². The number of aliphatic hydroxyl groups excluding tert-OH is 1. The van der Waals surface area contributed by atoms with Gasteiger partial charge in [-0.15, -0.1) is 0 Å². The molecule has 2 aromatic carbocycles. The van der Waals surface area contributed by atoms with Gasteiger partial charge in [-0.2, -0.15) is 0 Å². The molecular weight excluding hydrogens is 320 g/mol. The Bertz CT molecular complexity index is 681. The lowest BCUT2D eigenvalue weighted by Gasteiger charge is -2.32. The molecular formula is C21H25ClO2. The van der Waals surface area contributed by atoms with Gasteiger partial charge in [0.2, 0.25) is 0 Å². The molecule has 2 nitrogen and oxygen atoms in total. The summed E-state index contributed by atoms with van der Waals surface area (Å²) in [5.74, 6) is 1.30. The van der Waals surface area contributed by atoms with Crippen molar-refractivity contribution in [1.29, 1.82) is 0 Å². The molecule has 2 N–H and O–H groups in total. The Kier molecular flexibility index (Phi) is 5.47. The molecule has 3 atom stereocenters. The lowest BCUT2D eigenvalue weighted by molar-refractivity contribution is 0.0881. The van der Waals surface area contributed by atoms with Crippen molar-refractivity contribution in [3.8, 4) is 5.75 Å². The van der Waals surface area contributed by atoms with Crippen LogP contribution in [0.5, 0.6) is 5.75 Å². The lowest BCUT2D eigenvalue weighted by atomic mass is 9.75. The van der Waals surface area contributed by atoms with Crippen LogP contribution in [0, 0.1) is 5.92 Å². The largest absolute Gasteiger partial charge is 0.508 e. The molecule has 24 heavy (non-hydrogen) atoms. The minimum Gasteiger partial charge on any atom is -0.508 e. The summed E-state index contributed by atoms with van der Waals surface area (Å²) < 4.78 is 0. The van der Waals surface area contributed by atoms with E-state index in [0.717, 1.165) is 48.3 Å². The summed E-state index contributed by atoms with van der Waals surface area (Å²) in [4.78, 5) is 0. The minimum absolute atomic E-state index is 0.190. The van der Waals surface area contributed by atoms with Crippen LogP contribution in [0.15, 0.2) is 42.5 Å². The van der Waals surface area contributed by atoms with E-state index in [0.29, 0.717) is 11.8 Å². The highest BCUT2D eigenvalue weighted by Crippen LogP contribution is 2.38. The van der Waals surface area contributed by atoms with Gasteiger partial charge in [0.1, 0.15) is 5.75 Å². The highest BCUT2D eigenvalue weighted by molar-refractivity contribution is 6.31. The Morgan fingerprint density at radius 2 is 1.79 bits per heavy atom. The number of rotatable bonds is 4. The van der Waals surface area contributed by atoms with E-state index in [-0.39, 0.29) is 11.9 Å². The summed E-state index contributed by atoms with van der Waals surface area (Å²) in [6.45, 7) is 2.21. The summed E-state index contributed by atoms with van der Waals surface area (Å²) in [5.41, 5.74) is 3.51. The second kappa shape index (κ2) is 7.58. The van der Waals surface area contributed by atoms with Crippen molar-refractivity contribution in [2.75, 3.05) is 0 Å². The van der Waals surface area contributed by atoms with Crippen LogP contribution in [0.3, 0.4) is 0 Å². The van der Waals surface area contributed by atoms with Gasteiger partial charge in [0.05, 0.1) is 6.10 Å². The third-order valence-corrected chi connectivity index (χ3v) is 5.60. The molecule has 3 rings (SSSR count). The SMILES string of the molecule is CCC1CC(O)CC(c2ccc(Cl)c(Cc3ccc(O)cc3)c2)C1. The Hall–Kier alpha value is -1.51. The molecule has 1 fully saturated rings. The molecule has 2 aromatic rings. The van der Waals surface area contributed by atoms with Crippen molar-refractivity contribution >= 4 is 11.6 Å². The van der Waals surface area contributed by atoms with Gasteiger partial charge in [-0.3, -0.25) is 0 Å². The van der Waals surface area contributed by atoms with Crippen molar-refractivity contribution in [3.05, 3.63) is 64.2 Å². The molecule has 0 aromatic heterocycles. The van der Waals surface area contributed by atoms with E-state index >= 15 is 0 Å². The van der Waals surface area contributed by atoms with Crippen molar-refractivity contribution < 1.29 is 10.2 Å². The van der Waals surface area contributed by atoms with Gasteiger partial charge in [-0.25, -0.2) is 0 Å². The molecule has 0 radical (unpaired) electrons. The summed E-state index contributed by atoms with van der Waals surface area (Å²) in [6, 6.07) is 13.6. The number of aromatic hydroxyl groups is 1. The topological polar surface area (TPSA) is 40.5 Å². The Labute approximate surface area is 149 Å². The summed E-state index contributed by atoms with van der Waals surface area (Å²) in [6.07, 6.45) is 4.61. The molecule has 1 aliphatic rings. The number of hydrogen-bond donors (Lipinski definition) is 2. The normalized spacial score (nSPS) is 24.0. The molecule has 3 heteroatoms. The smallest absolute Gasteiger partial charge is 0.115 e. The predicted octanol–water partition coefficient (Wildman–Crippen LogP) is 5.29. The second-order valence-electron chi connectivity index (χ2n) is 7.03. The number of benzene rings is 2. The van der Waals surface area contributed by atoms with Crippen molar-refractivity contribution in [1.82, 2.24) is 0 Å². The number of halogens is 1. The zero-order valence-electron chi connectivity index (χ0n) is 14.1. The van der Waals surface area contributed by atoms with Gasteiger partial charge >= 0.3 is 0 Å². The van der Waals surface area contributed by atoms with Gasteiger partial charge in [-0.1, -0.05) is 49.2 Å². The molecule has 0 aliphatic heterocycles. The van der Waals surface area contributed by atoms with Crippen LogP contribution < -0.4 is 0 Å². The first kappa shape index (κ1) is 17.3. The van der Waals surface area contributed by atoms with Crippen LogP contribution >= 0.6 is 11.6 Å². The Morgan fingerprint density at radius 1 is 1.04 bits per heavy atom. The predicted molar refractivity (Wildman–Crippen MR) is 98.7 cm³/mol. The van der Waals surface area contributed by atoms with E-state index in [1.165, 1.54) is 5.56 Å². The average Bonchev–Trinajstić information content (AvgIpc) is 2.58.